The summed E-state index contributed by atoms with van der Waals surface area (Å²) in [5.74, 6) is 0.795. The van der Waals surface area contributed by atoms with Gasteiger partial charge in [0.05, 0.1) is 6.04 Å². The van der Waals surface area contributed by atoms with Crippen LogP contribution in [0.15, 0.2) is 36.5 Å². The van der Waals surface area contributed by atoms with Gasteiger partial charge in [0.1, 0.15) is 5.69 Å². The largest absolute Gasteiger partial charge is 0.349 e. The molecule has 2 atom stereocenters. The van der Waals surface area contributed by atoms with Gasteiger partial charge in [-0.25, -0.2) is 0 Å². The molecular formula is C28H40ClN5O. The minimum Gasteiger partial charge on any atom is -0.349 e. The summed E-state index contributed by atoms with van der Waals surface area (Å²) in [6.07, 6.45) is 9.99. The van der Waals surface area contributed by atoms with Gasteiger partial charge in [-0.3, -0.25) is 9.69 Å². The van der Waals surface area contributed by atoms with Gasteiger partial charge in [-0.15, -0.1) is 0 Å². The van der Waals surface area contributed by atoms with Crippen LogP contribution in [0.2, 0.25) is 5.02 Å². The van der Waals surface area contributed by atoms with Crippen molar-refractivity contribution >= 4 is 17.5 Å². The van der Waals surface area contributed by atoms with Crippen molar-refractivity contribution in [3.05, 3.63) is 47.2 Å². The zero-order valence-corrected chi connectivity index (χ0v) is 21.8. The number of benzene rings is 1. The summed E-state index contributed by atoms with van der Waals surface area (Å²) in [6.45, 7) is 7.51. The Labute approximate surface area is 215 Å². The molecule has 6 nitrogen and oxygen atoms in total. The Bertz CT molecular complexity index is 993. The molecule has 7 heteroatoms. The van der Waals surface area contributed by atoms with Crippen LogP contribution in [0.1, 0.15) is 55.1 Å². The number of rotatable bonds is 8. The summed E-state index contributed by atoms with van der Waals surface area (Å²) >= 11 is 6.22. The maximum atomic E-state index is 12.6. The molecule has 1 aliphatic carbocycles. The molecule has 0 unspecified atom stereocenters. The standard InChI is InChI=1S/C28H40ClN5O/c1-32-12-14-33(15-13-32)20-26(21-6-3-2-4-7-21)30-11-10-25-18-31-28(35)27-17-23(19-34(25)27)22-8-5-9-24(29)16-22/h5,8-9,16-17,19,21,25-26,30H,2-4,6-7,10-15,18,20H2,1H3,(H,31,35)/t25-,26-/m1/s1. The van der Waals surface area contributed by atoms with Crippen LogP contribution < -0.4 is 10.6 Å². The highest BCUT2D eigenvalue weighted by molar-refractivity contribution is 6.30. The number of fused-ring (bicyclic) bond motifs is 1. The third-order valence-corrected chi connectivity index (χ3v) is 8.52. The van der Waals surface area contributed by atoms with Crippen molar-refractivity contribution in [2.24, 2.45) is 5.92 Å². The molecule has 0 spiro atoms. The second-order valence-electron chi connectivity index (χ2n) is 10.7. The third kappa shape index (κ3) is 6.11. The molecule has 1 aromatic heterocycles. The van der Waals surface area contributed by atoms with E-state index in [2.05, 4.69) is 44.3 Å². The molecule has 3 aliphatic rings. The van der Waals surface area contributed by atoms with Crippen molar-refractivity contribution in [1.29, 1.82) is 0 Å². The Morgan fingerprint density at radius 2 is 1.89 bits per heavy atom. The van der Waals surface area contributed by atoms with Gasteiger partial charge in [0.15, 0.2) is 0 Å². The average Bonchev–Trinajstić information content (AvgIpc) is 3.33. The highest BCUT2D eigenvalue weighted by Gasteiger charge is 2.29. The predicted octanol–water partition coefficient (Wildman–Crippen LogP) is 4.27. The lowest BCUT2D eigenvalue weighted by atomic mass is 9.83. The van der Waals surface area contributed by atoms with Crippen LogP contribution in [0.25, 0.3) is 11.1 Å². The maximum Gasteiger partial charge on any atom is 0.268 e. The number of likely N-dealkylation sites (N-methyl/N-ethyl adjacent to an activating group) is 1. The maximum absolute atomic E-state index is 12.6. The van der Waals surface area contributed by atoms with Gasteiger partial charge in [0, 0.05) is 62.1 Å². The van der Waals surface area contributed by atoms with Crippen molar-refractivity contribution in [3.8, 4) is 11.1 Å². The van der Waals surface area contributed by atoms with E-state index in [-0.39, 0.29) is 11.9 Å². The molecule has 2 aliphatic heterocycles. The first kappa shape index (κ1) is 24.8. The fourth-order valence-electron chi connectivity index (χ4n) is 6.09. The zero-order chi connectivity index (χ0) is 24.2. The zero-order valence-electron chi connectivity index (χ0n) is 21.0. The van der Waals surface area contributed by atoms with E-state index >= 15 is 0 Å². The van der Waals surface area contributed by atoms with Crippen molar-refractivity contribution < 1.29 is 4.79 Å². The van der Waals surface area contributed by atoms with Gasteiger partial charge >= 0.3 is 0 Å². The first-order valence-electron chi connectivity index (χ1n) is 13.5. The number of piperazine rings is 1. The minimum atomic E-state index is 0.0117. The summed E-state index contributed by atoms with van der Waals surface area (Å²) in [6, 6.07) is 10.7. The summed E-state index contributed by atoms with van der Waals surface area (Å²) in [5.41, 5.74) is 2.85. The Morgan fingerprint density at radius 3 is 2.66 bits per heavy atom. The smallest absolute Gasteiger partial charge is 0.268 e. The Morgan fingerprint density at radius 1 is 1.09 bits per heavy atom. The van der Waals surface area contributed by atoms with Crippen LogP contribution in [0.5, 0.6) is 0 Å². The lowest BCUT2D eigenvalue weighted by Crippen LogP contribution is -2.52. The van der Waals surface area contributed by atoms with Crippen molar-refractivity contribution in [3.63, 3.8) is 0 Å². The second kappa shape index (κ2) is 11.5. The molecule has 0 radical (unpaired) electrons. The number of nitrogens with zero attached hydrogens (tertiary/aromatic N) is 3. The van der Waals surface area contributed by atoms with E-state index in [1.165, 1.54) is 58.3 Å². The first-order chi connectivity index (χ1) is 17.1. The summed E-state index contributed by atoms with van der Waals surface area (Å²) in [4.78, 5) is 17.7. The van der Waals surface area contributed by atoms with Crippen LogP contribution in [0.3, 0.4) is 0 Å². The van der Waals surface area contributed by atoms with Crippen LogP contribution in [-0.2, 0) is 0 Å². The van der Waals surface area contributed by atoms with Gasteiger partial charge in [-0.2, -0.15) is 0 Å². The van der Waals surface area contributed by atoms with Crippen LogP contribution in [0, 0.1) is 5.92 Å². The number of carbonyl (C=O) groups is 1. The van der Waals surface area contributed by atoms with Crippen LogP contribution in [-0.4, -0.2) is 79.2 Å². The molecule has 1 saturated carbocycles. The van der Waals surface area contributed by atoms with Gasteiger partial charge in [0.25, 0.3) is 5.91 Å². The van der Waals surface area contributed by atoms with Crippen molar-refractivity contribution in [2.45, 2.75) is 50.6 Å². The summed E-state index contributed by atoms with van der Waals surface area (Å²) in [5, 5.41) is 7.81. The molecule has 1 aromatic carbocycles. The number of amides is 1. The first-order valence-corrected chi connectivity index (χ1v) is 13.8. The molecule has 1 amide bonds. The molecular weight excluding hydrogens is 458 g/mol. The topological polar surface area (TPSA) is 52.5 Å². The van der Waals surface area contributed by atoms with E-state index in [4.69, 9.17) is 11.6 Å². The van der Waals surface area contributed by atoms with Gasteiger partial charge in [0.2, 0.25) is 0 Å². The quantitative estimate of drug-likeness (QED) is 0.572. The molecule has 1 saturated heterocycles. The summed E-state index contributed by atoms with van der Waals surface area (Å²) < 4.78 is 2.19. The van der Waals surface area contributed by atoms with E-state index in [1.54, 1.807) is 0 Å². The number of hydrogen-bond acceptors (Lipinski definition) is 4. The fourth-order valence-corrected chi connectivity index (χ4v) is 6.28. The van der Waals surface area contributed by atoms with E-state index in [1.807, 2.05) is 24.3 Å². The number of nitrogens with one attached hydrogen (secondary N) is 2. The highest BCUT2D eigenvalue weighted by atomic mass is 35.5. The number of hydrogen-bond donors (Lipinski definition) is 2. The third-order valence-electron chi connectivity index (χ3n) is 8.28. The Hall–Kier alpha value is -1.86. The molecule has 190 valence electrons. The van der Waals surface area contributed by atoms with Gasteiger partial charge in [-0.1, -0.05) is 43.0 Å². The van der Waals surface area contributed by atoms with E-state index in [0.717, 1.165) is 42.2 Å². The molecule has 5 rings (SSSR count). The SMILES string of the molecule is CN1CCN(C[C@@H](NCC[C@@H]2CNC(=O)c3cc(-c4cccc(Cl)c4)cn32)C2CCCCC2)CC1. The normalized spacial score (nSPS) is 23.1. The average molecular weight is 498 g/mol. The minimum absolute atomic E-state index is 0.0117. The second-order valence-corrected chi connectivity index (χ2v) is 11.2. The number of halogens is 1. The Balaban J connectivity index is 1.24. The van der Waals surface area contributed by atoms with E-state index in [0.29, 0.717) is 17.6 Å². The van der Waals surface area contributed by atoms with E-state index in [9.17, 15) is 4.79 Å². The molecule has 35 heavy (non-hydrogen) atoms. The highest BCUT2D eigenvalue weighted by Crippen LogP contribution is 2.30. The van der Waals surface area contributed by atoms with Crippen molar-refractivity contribution in [1.82, 2.24) is 25.0 Å². The fraction of sp³-hybridized carbons (Fsp3) is 0.607. The van der Waals surface area contributed by atoms with E-state index < -0.39 is 0 Å². The van der Waals surface area contributed by atoms with Gasteiger partial charge < -0.3 is 20.1 Å². The predicted molar refractivity (Wildman–Crippen MR) is 143 cm³/mol. The number of aromatic nitrogens is 1. The van der Waals surface area contributed by atoms with Crippen LogP contribution in [0.4, 0.5) is 0 Å². The van der Waals surface area contributed by atoms with Crippen LogP contribution >= 0.6 is 11.6 Å². The lowest BCUT2D eigenvalue weighted by molar-refractivity contribution is 0.0911. The monoisotopic (exact) mass is 497 g/mol. The Kier molecular flexibility index (Phi) is 8.13. The van der Waals surface area contributed by atoms with Crippen molar-refractivity contribution in [2.75, 3.05) is 52.9 Å². The molecule has 0 bridgehead atoms. The summed E-state index contributed by atoms with van der Waals surface area (Å²) in [7, 11) is 2.23. The van der Waals surface area contributed by atoms with Gasteiger partial charge in [-0.05, 0) is 62.5 Å². The molecule has 2 aromatic rings. The molecule has 3 heterocycles. The lowest BCUT2D eigenvalue weighted by Gasteiger charge is -2.38. The molecule has 2 N–H and O–H groups in total. The number of carbonyl (C=O) groups excluding carboxylic acids is 1. The molecule has 2 fully saturated rings.